The molecule has 2 rings (SSSR count). The minimum atomic E-state index is -4.18. The first kappa shape index (κ1) is 16.3. The van der Waals surface area contributed by atoms with Crippen molar-refractivity contribution < 1.29 is 22.4 Å². The van der Waals surface area contributed by atoms with Crippen molar-refractivity contribution in [2.24, 2.45) is 11.8 Å². The van der Waals surface area contributed by atoms with E-state index in [9.17, 15) is 22.4 Å². The maximum absolute atomic E-state index is 13.1. The maximum atomic E-state index is 13.1. The van der Waals surface area contributed by atoms with E-state index in [1.807, 2.05) is 0 Å². The highest BCUT2D eigenvalue weighted by Crippen LogP contribution is 2.40. The summed E-state index contributed by atoms with van der Waals surface area (Å²) in [6.07, 6.45) is -3.78. The van der Waals surface area contributed by atoms with Crippen LogP contribution in [-0.2, 0) is 11.2 Å². The van der Waals surface area contributed by atoms with Crippen LogP contribution in [-0.4, -0.2) is 12.0 Å². The van der Waals surface area contributed by atoms with Crippen LogP contribution in [0.3, 0.4) is 0 Å². The molecule has 6 heteroatoms. The summed E-state index contributed by atoms with van der Waals surface area (Å²) in [6, 6.07) is 3.77. The van der Waals surface area contributed by atoms with Crippen molar-refractivity contribution in [1.82, 2.24) is 0 Å². The zero-order chi connectivity index (χ0) is 15.6. The van der Waals surface area contributed by atoms with Crippen LogP contribution in [0.1, 0.15) is 31.2 Å². The second-order valence-corrected chi connectivity index (χ2v) is 5.88. The number of hydrogen-bond acceptors (Lipinski definition) is 1. The average Bonchev–Trinajstić information content (AvgIpc) is 2.42. The molecule has 0 aromatic heterocycles. The predicted molar refractivity (Wildman–Crippen MR) is 71.6 cm³/mol. The van der Waals surface area contributed by atoms with Crippen LogP contribution in [0.4, 0.5) is 17.6 Å². The van der Waals surface area contributed by atoms with Gasteiger partial charge in [-0.3, -0.25) is 4.79 Å². The molecule has 0 amide bonds. The summed E-state index contributed by atoms with van der Waals surface area (Å²) >= 11 is 5.89. The fourth-order valence-electron chi connectivity index (χ4n) is 2.75. The Morgan fingerprint density at radius 1 is 1.19 bits per heavy atom. The van der Waals surface area contributed by atoms with Crippen molar-refractivity contribution in [3.8, 4) is 0 Å². The quantitative estimate of drug-likeness (QED) is 0.719. The zero-order valence-corrected chi connectivity index (χ0v) is 12.0. The molecule has 1 nitrogen and oxygen atoms in total. The smallest absolute Gasteiger partial charge is 0.299 e. The van der Waals surface area contributed by atoms with Crippen LogP contribution >= 0.6 is 11.6 Å². The molecule has 21 heavy (non-hydrogen) atoms. The van der Waals surface area contributed by atoms with Gasteiger partial charge in [0.1, 0.15) is 11.6 Å². The molecule has 0 spiro atoms. The number of hydrogen-bond donors (Lipinski definition) is 0. The number of ketones is 1. The monoisotopic (exact) mass is 322 g/mol. The van der Waals surface area contributed by atoms with Crippen LogP contribution in [0.25, 0.3) is 0 Å². The molecule has 1 aromatic carbocycles. The van der Waals surface area contributed by atoms with E-state index in [4.69, 9.17) is 11.6 Å². The molecule has 0 unspecified atom stereocenters. The summed E-state index contributed by atoms with van der Waals surface area (Å²) in [4.78, 5) is 12.1. The lowest BCUT2D eigenvalue weighted by atomic mass is 9.78. The Labute approximate surface area is 125 Å². The van der Waals surface area contributed by atoms with Crippen molar-refractivity contribution in [1.29, 1.82) is 0 Å². The van der Waals surface area contributed by atoms with Gasteiger partial charge in [-0.2, -0.15) is 13.2 Å². The first-order valence-corrected chi connectivity index (χ1v) is 7.18. The molecule has 0 N–H and O–H groups in total. The maximum Gasteiger partial charge on any atom is 0.391 e. The fraction of sp³-hybridized carbons (Fsp3) is 0.533. The van der Waals surface area contributed by atoms with Gasteiger partial charge in [0.05, 0.1) is 5.92 Å². The molecule has 1 fully saturated rings. The molecule has 116 valence electrons. The molecule has 1 aromatic rings. The average molecular weight is 323 g/mol. The number of alkyl halides is 3. The van der Waals surface area contributed by atoms with Gasteiger partial charge in [0, 0.05) is 17.4 Å². The Morgan fingerprint density at radius 3 is 2.38 bits per heavy atom. The largest absolute Gasteiger partial charge is 0.391 e. The van der Waals surface area contributed by atoms with Crippen molar-refractivity contribution in [3.63, 3.8) is 0 Å². The standard InChI is InChI=1S/C15H15ClF4O/c16-13-6-5-12(17)7-10(13)8-14(21)9-1-3-11(4-2-9)15(18,19)20/h5-7,9,11H,1-4,8H2. The van der Waals surface area contributed by atoms with Gasteiger partial charge in [-0.15, -0.1) is 0 Å². The van der Waals surface area contributed by atoms with E-state index in [1.165, 1.54) is 18.2 Å². The minimum absolute atomic E-state index is 0.0171. The van der Waals surface area contributed by atoms with E-state index in [-0.39, 0.29) is 43.8 Å². The zero-order valence-electron chi connectivity index (χ0n) is 11.2. The van der Waals surface area contributed by atoms with Gasteiger partial charge in [0.15, 0.2) is 0 Å². The molecular weight excluding hydrogens is 308 g/mol. The highest BCUT2D eigenvalue weighted by molar-refractivity contribution is 6.31. The molecule has 0 saturated heterocycles. The lowest BCUT2D eigenvalue weighted by Gasteiger charge is -2.29. The molecule has 0 heterocycles. The number of benzene rings is 1. The first-order chi connectivity index (χ1) is 9.77. The van der Waals surface area contributed by atoms with Crippen molar-refractivity contribution in [2.45, 2.75) is 38.3 Å². The van der Waals surface area contributed by atoms with Crippen molar-refractivity contribution in [2.75, 3.05) is 0 Å². The number of carbonyl (C=O) groups is 1. The second kappa shape index (κ2) is 6.34. The van der Waals surface area contributed by atoms with E-state index in [0.717, 1.165) is 0 Å². The number of halogens is 5. The lowest BCUT2D eigenvalue weighted by Crippen LogP contribution is -2.30. The van der Waals surface area contributed by atoms with Crippen LogP contribution in [0.15, 0.2) is 18.2 Å². The van der Waals surface area contributed by atoms with E-state index in [2.05, 4.69) is 0 Å². The Bertz CT molecular complexity index is 519. The third kappa shape index (κ3) is 4.19. The normalized spacial score (nSPS) is 23.1. The van der Waals surface area contributed by atoms with Crippen LogP contribution in [0.2, 0.25) is 5.02 Å². The number of carbonyl (C=O) groups excluding carboxylic acids is 1. The van der Waals surface area contributed by atoms with Gasteiger partial charge < -0.3 is 0 Å². The summed E-state index contributed by atoms with van der Waals surface area (Å²) in [5.41, 5.74) is 0.389. The summed E-state index contributed by atoms with van der Waals surface area (Å²) in [6.45, 7) is 0. The van der Waals surface area contributed by atoms with E-state index < -0.39 is 17.9 Å². The van der Waals surface area contributed by atoms with Crippen molar-refractivity contribution >= 4 is 17.4 Å². The van der Waals surface area contributed by atoms with Crippen LogP contribution in [0, 0.1) is 17.7 Å². The minimum Gasteiger partial charge on any atom is -0.299 e. The van der Waals surface area contributed by atoms with Gasteiger partial charge in [0.2, 0.25) is 0 Å². The third-order valence-electron chi connectivity index (χ3n) is 4.02. The molecule has 0 radical (unpaired) electrons. The number of rotatable bonds is 3. The van der Waals surface area contributed by atoms with Gasteiger partial charge in [-0.1, -0.05) is 11.6 Å². The summed E-state index contributed by atoms with van der Waals surface area (Å²) in [7, 11) is 0. The molecular formula is C15H15ClF4O. The van der Waals surface area contributed by atoms with E-state index >= 15 is 0 Å². The Kier molecular flexibility index (Phi) is 4.91. The summed E-state index contributed by atoms with van der Waals surface area (Å²) in [5.74, 6) is -2.34. The fourth-order valence-corrected chi connectivity index (χ4v) is 2.94. The van der Waals surface area contributed by atoms with Crippen LogP contribution in [0.5, 0.6) is 0 Å². The molecule has 0 bridgehead atoms. The Balaban J connectivity index is 1.95. The summed E-state index contributed by atoms with van der Waals surface area (Å²) in [5, 5.41) is 0.300. The Hall–Kier alpha value is -1.10. The molecule has 1 aliphatic rings. The molecule has 0 atom stereocenters. The summed E-state index contributed by atoms with van der Waals surface area (Å²) < 4.78 is 50.8. The molecule has 0 aliphatic heterocycles. The van der Waals surface area contributed by atoms with Gasteiger partial charge in [-0.25, -0.2) is 4.39 Å². The van der Waals surface area contributed by atoms with E-state index in [1.54, 1.807) is 0 Å². The van der Waals surface area contributed by atoms with Gasteiger partial charge in [-0.05, 0) is 49.4 Å². The highest BCUT2D eigenvalue weighted by atomic mass is 35.5. The van der Waals surface area contributed by atoms with Gasteiger partial charge in [0.25, 0.3) is 0 Å². The second-order valence-electron chi connectivity index (χ2n) is 5.47. The van der Waals surface area contributed by atoms with Gasteiger partial charge >= 0.3 is 6.18 Å². The SMILES string of the molecule is O=C(Cc1cc(F)ccc1Cl)C1CCC(C(F)(F)F)CC1. The first-order valence-electron chi connectivity index (χ1n) is 6.80. The molecule has 1 aliphatic carbocycles. The van der Waals surface area contributed by atoms with Crippen molar-refractivity contribution in [3.05, 3.63) is 34.6 Å². The Morgan fingerprint density at radius 2 is 1.81 bits per heavy atom. The third-order valence-corrected chi connectivity index (χ3v) is 4.39. The predicted octanol–water partition coefficient (Wildman–Crippen LogP) is 4.96. The van der Waals surface area contributed by atoms with Crippen LogP contribution < -0.4 is 0 Å². The topological polar surface area (TPSA) is 17.1 Å². The van der Waals surface area contributed by atoms with E-state index in [0.29, 0.717) is 10.6 Å². The number of Topliss-reactive ketones (excluding diaryl/α,β-unsaturated/α-hetero) is 1. The molecule has 1 saturated carbocycles. The highest BCUT2D eigenvalue weighted by Gasteiger charge is 2.42. The lowest BCUT2D eigenvalue weighted by molar-refractivity contribution is -0.184.